The lowest BCUT2D eigenvalue weighted by Gasteiger charge is -2.29. The first-order valence-corrected chi connectivity index (χ1v) is 43.5. The number of nitrogens with one attached hydrogen (secondary N) is 8. The highest BCUT2D eigenvalue weighted by Gasteiger charge is 2.55. The third-order valence-corrected chi connectivity index (χ3v) is 23.4. The summed E-state index contributed by atoms with van der Waals surface area (Å²) in [5.41, 5.74) is -2.03. The second-order valence-corrected chi connectivity index (χ2v) is 34.4. The van der Waals surface area contributed by atoms with E-state index < -0.39 is 90.4 Å². The van der Waals surface area contributed by atoms with Gasteiger partial charge in [0, 0.05) is 153 Å². The summed E-state index contributed by atoms with van der Waals surface area (Å²) >= 11 is 33.3. The van der Waals surface area contributed by atoms with Crippen LogP contribution in [0.15, 0.2) is 122 Å². The number of halogens is 18. The van der Waals surface area contributed by atoms with Gasteiger partial charge in [0.1, 0.15) is 52.2 Å². The Labute approximate surface area is 814 Å². The predicted molar refractivity (Wildman–Crippen MR) is 516 cm³/mol. The standard InChI is InChI=1S/C29H33Cl2F4N7O3.C29H32ClF4N7O3.C26H30ClF4N7O2.C3H4Cl2O.2CH4/c1-28(44,29(33,34)35)17-11-19(32)18(31)12-20(17)37-25-6-9-36-27(40-25)39-22-13-21(38-26(43)5-8-30)23(14-24(22)45-4)42-10-7-16(15-42)41(2)3;1-6-26(42)37-21-13-22(24(44-5)14-23(21)41-10-8-16(15-41)40(3)4)38-27-35-9-7-25(39-27)36-20-12-18(30)19(31)11-17(20)28(2,43)29(32,33)34;1-25(39,26(29,30)31)15-9-17(28)16(27)10-19(15)34-23-5-7-33-24(36-23)35-20-11-18(32)21(12-22(20)40-4)38-8-6-14(13-38)37(2)3;4-2-1-3(5)6;;/h6,9,11-14,16,44H,5,7-8,10,15H2,1-4H3,(H,38,43)(H2,36,37,39,40);6-7,9,11-14,16,43H,1,8,10,15H2,2-5H3,(H,37,42)(H2,35,36,38,39);5,7,9-12,14,39H,6,8,13,32H2,1-4H3,(H2,33,34,35,36);1-2H2;2*1H4/t2*16-,28?;14-,25?;;;/m111.../s1. The lowest BCUT2D eigenvalue weighted by atomic mass is 9.93. The Balaban J connectivity index is 0.000000270. The third-order valence-electron chi connectivity index (χ3n) is 21.9. The van der Waals surface area contributed by atoms with Crippen LogP contribution in [0.5, 0.6) is 17.2 Å². The topological polar surface area (TPSA) is 359 Å². The maximum absolute atomic E-state index is 14.2. The van der Waals surface area contributed by atoms with Gasteiger partial charge in [0.25, 0.3) is 0 Å². The molecule has 6 aromatic carbocycles. The van der Waals surface area contributed by atoms with Crippen molar-refractivity contribution in [2.24, 2.45) is 0 Å². The van der Waals surface area contributed by atoms with Gasteiger partial charge >= 0.3 is 18.5 Å². The maximum atomic E-state index is 14.2. The van der Waals surface area contributed by atoms with Gasteiger partial charge in [-0.1, -0.05) is 56.2 Å². The van der Waals surface area contributed by atoms with Crippen LogP contribution in [0.3, 0.4) is 0 Å². The largest absolute Gasteiger partial charge is 0.494 e. The number of rotatable bonds is 31. The second-order valence-electron chi connectivity index (χ2n) is 32.0. The monoisotopic (exact) mass is 2050 g/mol. The van der Waals surface area contributed by atoms with E-state index in [0.717, 1.165) is 99.9 Å². The normalized spacial score (nSPS) is 16.1. The minimum absolute atomic E-state index is 0. The zero-order chi connectivity index (χ0) is 99.9. The van der Waals surface area contributed by atoms with Crippen LogP contribution in [0.2, 0.25) is 15.1 Å². The van der Waals surface area contributed by atoms with E-state index in [1.165, 1.54) is 58.1 Å². The molecular formula is C89H107Cl6F12N21O9. The number of methoxy groups -OCH3 is 3. The highest BCUT2D eigenvalue weighted by atomic mass is 35.5. The van der Waals surface area contributed by atoms with Crippen LogP contribution >= 0.6 is 69.6 Å². The Kier molecular flexibility index (Phi) is 39.6. The zero-order valence-corrected chi connectivity index (χ0v) is 79.2. The number of nitrogen functional groups attached to an aromatic ring is 1. The molecule has 3 unspecified atom stereocenters. The molecule has 3 aromatic heterocycles. The van der Waals surface area contributed by atoms with Crippen LogP contribution in [-0.2, 0) is 31.2 Å². The number of alkyl halides is 11. The Hall–Kier alpha value is -11.0. The number of hydrogen-bond donors (Lipinski definition) is 12. The Morgan fingerprint density at radius 2 is 0.766 bits per heavy atom. The SMILES string of the molecule is C.C.C=CC(=O)Nc1cc(Nc2nccc(Nc3cc(Cl)c(F)cc3C(C)(O)C(F)(F)F)n2)c(OC)cc1N1CC[C@@H](N(C)C)C1.COc1cc(N2CC[C@@H](N(C)C)C2)c(N)cc1Nc1nccc(Nc2cc(Cl)c(F)cc2C(C)(O)C(F)(F)F)n1.COc1cc(N2CC[C@@H](N(C)C)C2)c(NC(=O)CCCl)cc1Nc1nccc(Nc2cc(Cl)c(F)cc2C(C)(O)C(F)(F)F)n1.O=C(Cl)CCCl. The fourth-order valence-electron chi connectivity index (χ4n) is 14.1. The Bertz CT molecular complexity index is 5700. The molecular weight excluding hydrogens is 1950 g/mol. The van der Waals surface area contributed by atoms with Crippen molar-refractivity contribution < 1.29 is 96.6 Å². The lowest BCUT2D eigenvalue weighted by Crippen LogP contribution is -2.39. The molecule has 3 aliphatic rings. The number of hydrogen-bond acceptors (Lipinski definition) is 28. The molecule has 0 radical (unpaired) electrons. The fraction of sp³-hybridized carbons (Fsp3) is 0.404. The summed E-state index contributed by atoms with van der Waals surface area (Å²) in [4.78, 5) is 73.0. The van der Waals surface area contributed by atoms with Gasteiger partial charge in [-0.2, -0.15) is 54.5 Å². The van der Waals surface area contributed by atoms with E-state index in [1.807, 2.05) is 48.4 Å². The molecule has 0 spiro atoms. The molecule has 30 nitrogen and oxygen atoms in total. The van der Waals surface area contributed by atoms with Crippen molar-refractivity contribution in [3.05, 3.63) is 171 Å². The molecule has 9 aromatic rings. The molecule has 12 rings (SSSR count). The lowest BCUT2D eigenvalue weighted by molar-refractivity contribution is -0.258. The van der Waals surface area contributed by atoms with Crippen LogP contribution in [0.25, 0.3) is 0 Å². The summed E-state index contributed by atoms with van der Waals surface area (Å²) in [5, 5.41) is 51.9. The van der Waals surface area contributed by atoms with E-state index in [-0.39, 0.29) is 97.1 Å². The van der Waals surface area contributed by atoms with E-state index in [1.54, 1.807) is 30.3 Å². The molecule has 2 amide bonds. The molecule has 0 aliphatic carbocycles. The first-order valence-electron chi connectivity index (χ1n) is 40.9. The molecule has 137 heavy (non-hydrogen) atoms. The number of ether oxygens (including phenoxy) is 3. The zero-order valence-electron chi connectivity index (χ0n) is 74.6. The van der Waals surface area contributed by atoms with Crippen molar-refractivity contribution in [3.63, 3.8) is 0 Å². The number of benzene rings is 6. The van der Waals surface area contributed by atoms with E-state index in [9.17, 15) is 82.4 Å². The van der Waals surface area contributed by atoms with Crippen molar-refractivity contribution in [1.29, 1.82) is 0 Å². The fourth-order valence-corrected chi connectivity index (χ4v) is 15.1. The second kappa shape index (κ2) is 48.0. The smallest absolute Gasteiger partial charge is 0.421 e. The molecule has 48 heteroatoms. The summed E-state index contributed by atoms with van der Waals surface area (Å²) in [5.74, 6) is -2.18. The van der Waals surface area contributed by atoms with Gasteiger partial charge in [0.15, 0.2) is 16.8 Å². The Morgan fingerprint density at radius 3 is 1.04 bits per heavy atom. The minimum atomic E-state index is -5.12. The molecule has 3 fully saturated rings. The minimum Gasteiger partial charge on any atom is -0.494 e. The van der Waals surface area contributed by atoms with Crippen LogP contribution in [-0.4, -0.2) is 228 Å². The van der Waals surface area contributed by atoms with E-state index >= 15 is 0 Å². The van der Waals surface area contributed by atoms with Crippen molar-refractivity contribution in [3.8, 4) is 17.2 Å². The number of anilines is 18. The quantitative estimate of drug-likeness (QED) is 0.00631. The Morgan fingerprint density at radius 1 is 0.467 bits per heavy atom. The number of aromatic nitrogens is 6. The van der Waals surface area contributed by atoms with Crippen molar-refractivity contribution >= 4 is 190 Å². The predicted octanol–water partition coefficient (Wildman–Crippen LogP) is 20.0. The summed E-state index contributed by atoms with van der Waals surface area (Å²) < 4.78 is 182. The molecule has 3 aliphatic heterocycles. The molecule has 6 heterocycles. The highest BCUT2D eigenvalue weighted by molar-refractivity contribution is 6.63. The van der Waals surface area contributed by atoms with Gasteiger partial charge in [-0.3, -0.25) is 14.4 Å². The summed E-state index contributed by atoms with van der Waals surface area (Å²) in [6.45, 7) is 9.70. The van der Waals surface area contributed by atoms with Crippen LogP contribution in [0, 0.1) is 17.5 Å². The average Bonchev–Trinajstić information content (AvgIpc) is 1.41. The van der Waals surface area contributed by atoms with E-state index in [2.05, 4.69) is 108 Å². The van der Waals surface area contributed by atoms with Gasteiger partial charge in [-0.15, -0.1) is 23.2 Å². The number of likely N-dealkylation sites (N-methyl/N-ethyl adjacent to an activating group) is 3. The van der Waals surface area contributed by atoms with Gasteiger partial charge in [-0.25, -0.2) is 28.1 Å². The average molecular weight is 2060 g/mol. The van der Waals surface area contributed by atoms with Crippen molar-refractivity contribution in [2.45, 2.75) is 121 Å². The number of nitrogens with two attached hydrogens (primary N) is 1. The number of nitrogens with zero attached hydrogens (tertiary/aromatic N) is 12. The molecule has 748 valence electrons. The number of aliphatic hydroxyl groups is 3. The summed E-state index contributed by atoms with van der Waals surface area (Å²) in [7, 11) is 16.6. The third kappa shape index (κ3) is 28.6. The van der Waals surface area contributed by atoms with Gasteiger partial charge in [0.05, 0.1) is 87.6 Å². The summed E-state index contributed by atoms with van der Waals surface area (Å²) in [6.07, 6.45) is -6.93. The van der Waals surface area contributed by atoms with Crippen LogP contribution in [0.4, 0.5) is 156 Å². The maximum Gasteiger partial charge on any atom is 0.421 e. The van der Waals surface area contributed by atoms with Crippen molar-refractivity contribution in [2.75, 3.05) is 178 Å². The molecule has 0 bridgehead atoms. The van der Waals surface area contributed by atoms with Crippen LogP contribution in [0.1, 0.15) is 84.4 Å². The van der Waals surface area contributed by atoms with Gasteiger partial charge < -0.3 is 107 Å². The van der Waals surface area contributed by atoms with E-state index in [4.69, 9.17) is 89.5 Å². The number of carbonyl (C=O) groups excluding carboxylic acids is 3. The number of amides is 2. The summed E-state index contributed by atoms with van der Waals surface area (Å²) in [6, 6.07) is 19.9. The molecule has 0 saturated carbocycles. The van der Waals surface area contributed by atoms with Gasteiger partial charge in [0.2, 0.25) is 34.9 Å². The van der Waals surface area contributed by atoms with Gasteiger partial charge in [-0.05, 0) is 173 Å². The van der Waals surface area contributed by atoms with Crippen molar-refractivity contribution in [1.82, 2.24) is 44.6 Å². The van der Waals surface area contributed by atoms with Crippen LogP contribution < -0.4 is 77.2 Å². The molecule has 6 atom stereocenters. The first-order chi connectivity index (χ1) is 63.3. The number of carbonyl (C=O) groups is 3. The first kappa shape index (κ1) is 113. The molecule has 13 N–H and O–H groups in total. The van der Waals surface area contributed by atoms with E-state index in [0.29, 0.717) is 114 Å². The highest BCUT2D eigenvalue weighted by Crippen LogP contribution is 2.50. The molecule has 3 saturated heterocycles.